The molecule has 1 aromatic carbocycles. The molecule has 1 heterocycles. The normalized spacial score (nSPS) is 21.5. The van der Waals surface area contributed by atoms with E-state index in [9.17, 15) is 0 Å². The molecule has 1 saturated heterocycles. The van der Waals surface area contributed by atoms with Crippen LogP contribution in [0.15, 0.2) is 24.3 Å². The van der Waals surface area contributed by atoms with E-state index in [2.05, 4.69) is 29.6 Å². The van der Waals surface area contributed by atoms with Gasteiger partial charge in [-0.25, -0.2) is 0 Å². The van der Waals surface area contributed by atoms with Crippen LogP contribution in [0.2, 0.25) is 0 Å². The summed E-state index contributed by atoms with van der Waals surface area (Å²) in [7, 11) is 0. The highest BCUT2D eigenvalue weighted by Gasteiger charge is 2.13. The fraction of sp³-hybridized carbons (Fsp3) is 0.500. The largest absolute Gasteiger partial charge is 0.375 e. The molecule has 1 fully saturated rings. The second-order valence-corrected chi connectivity index (χ2v) is 3.92. The van der Waals surface area contributed by atoms with E-state index in [-0.39, 0.29) is 0 Å². The fourth-order valence-corrected chi connectivity index (χ4v) is 1.83. The lowest BCUT2D eigenvalue weighted by Gasteiger charge is -2.23. The van der Waals surface area contributed by atoms with Crippen LogP contribution in [0.25, 0.3) is 0 Å². The molecule has 0 amide bonds. The van der Waals surface area contributed by atoms with Crippen molar-refractivity contribution in [3.8, 4) is 0 Å². The highest BCUT2D eigenvalue weighted by atomic mass is 16.5. The van der Waals surface area contributed by atoms with Gasteiger partial charge in [0.2, 0.25) is 0 Å². The maximum Gasteiger partial charge on any atom is 0.0740 e. The van der Waals surface area contributed by atoms with Gasteiger partial charge in [0.05, 0.1) is 12.7 Å². The van der Waals surface area contributed by atoms with Crippen molar-refractivity contribution < 1.29 is 4.74 Å². The molecule has 15 heavy (non-hydrogen) atoms. The van der Waals surface area contributed by atoms with Crippen molar-refractivity contribution in [3.63, 3.8) is 0 Å². The number of benzene rings is 1. The smallest absolute Gasteiger partial charge is 0.0740 e. The van der Waals surface area contributed by atoms with Crippen LogP contribution in [-0.2, 0) is 17.7 Å². The first-order valence-electron chi connectivity index (χ1n) is 5.48. The summed E-state index contributed by atoms with van der Waals surface area (Å²) in [5, 5.41) is 3.33. The van der Waals surface area contributed by atoms with Crippen LogP contribution in [-0.4, -0.2) is 25.8 Å². The van der Waals surface area contributed by atoms with E-state index in [1.165, 1.54) is 11.1 Å². The zero-order chi connectivity index (χ0) is 10.5. The molecule has 1 atom stereocenters. The van der Waals surface area contributed by atoms with E-state index in [1.807, 2.05) is 0 Å². The molecular weight excluding hydrogens is 188 g/mol. The van der Waals surface area contributed by atoms with Crippen molar-refractivity contribution in [1.82, 2.24) is 5.32 Å². The van der Waals surface area contributed by atoms with Crippen LogP contribution in [0.4, 0.5) is 0 Å². The van der Waals surface area contributed by atoms with Crippen LogP contribution >= 0.6 is 0 Å². The van der Waals surface area contributed by atoms with Crippen LogP contribution in [0.5, 0.6) is 0 Å². The standard InChI is InChI=1S/C12H18N2O/c13-8-11-3-1-10(2-4-11)7-12-9-14-5-6-15-12/h1-4,12,14H,5-9,13H2. The monoisotopic (exact) mass is 206 g/mol. The van der Waals surface area contributed by atoms with Crippen LogP contribution < -0.4 is 11.1 Å². The molecule has 1 unspecified atom stereocenters. The van der Waals surface area contributed by atoms with Gasteiger partial charge >= 0.3 is 0 Å². The van der Waals surface area contributed by atoms with E-state index < -0.39 is 0 Å². The molecular formula is C12H18N2O. The van der Waals surface area contributed by atoms with Crippen molar-refractivity contribution in [2.75, 3.05) is 19.7 Å². The van der Waals surface area contributed by atoms with E-state index in [0.717, 1.165) is 26.1 Å². The summed E-state index contributed by atoms with van der Waals surface area (Å²) in [6.07, 6.45) is 1.31. The Balaban J connectivity index is 1.91. The molecule has 3 nitrogen and oxygen atoms in total. The van der Waals surface area contributed by atoms with Crippen molar-refractivity contribution in [1.29, 1.82) is 0 Å². The number of morpholine rings is 1. The number of nitrogens with two attached hydrogens (primary N) is 1. The fourth-order valence-electron chi connectivity index (χ4n) is 1.83. The minimum absolute atomic E-state index is 0.322. The number of hydrogen-bond donors (Lipinski definition) is 2. The molecule has 2 rings (SSSR count). The molecule has 0 spiro atoms. The molecule has 0 aliphatic carbocycles. The van der Waals surface area contributed by atoms with Crippen molar-refractivity contribution in [3.05, 3.63) is 35.4 Å². The molecule has 0 saturated carbocycles. The highest BCUT2D eigenvalue weighted by molar-refractivity contribution is 5.22. The molecule has 1 aliphatic heterocycles. The van der Waals surface area contributed by atoms with Crippen molar-refractivity contribution >= 4 is 0 Å². The lowest BCUT2D eigenvalue weighted by molar-refractivity contribution is 0.0292. The summed E-state index contributed by atoms with van der Waals surface area (Å²) in [5.74, 6) is 0. The van der Waals surface area contributed by atoms with Gasteiger partial charge in [0, 0.05) is 19.6 Å². The summed E-state index contributed by atoms with van der Waals surface area (Å²) in [6, 6.07) is 8.46. The quantitative estimate of drug-likeness (QED) is 0.764. The second-order valence-electron chi connectivity index (χ2n) is 3.92. The Morgan fingerprint density at radius 3 is 2.60 bits per heavy atom. The first-order chi connectivity index (χ1) is 7.38. The first kappa shape index (κ1) is 10.6. The van der Waals surface area contributed by atoms with Crippen molar-refractivity contribution in [2.45, 2.75) is 19.1 Å². The molecule has 3 N–H and O–H groups in total. The molecule has 1 aromatic rings. The Bertz CT molecular complexity index is 291. The van der Waals surface area contributed by atoms with Crippen LogP contribution in [0.3, 0.4) is 0 Å². The third-order valence-electron chi connectivity index (χ3n) is 2.73. The van der Waals surface area contributed by atoms with Gasteiger partial charge in [-0.05, 0) is 17.5 Å². The predicted octanol–water partition coefficient (Wildman–Crippen LogP) is 0.676. The van der Waals surface area contributed by atoms with Gasteiger partial charge in [0.1, 0.15) is 0 Å². The van der Waals surface area contributed by atoms with Crippen LogP contribution in [0.1, 0.15) is 11.1 Å². The Hall–Kier alpha value is -0.900. The molecule has 0 radical (unpaired) electrons. The number of rotatable bonds is 3. The Morgan fingerprint density at radius 2 is 2.00 bits per heavy atom. The maximum atomic E-state index is 5.65. The molecule has 0 bridgehead atoms. The maximum absolute atomic E-state index is 5.65. The van der Waals surface area contributed by atoms with Gasteiger partial charge in [0.25, 0.3) is 0 Å². The minimum atomic E-state index is 0.322. The van der Waals surface area contributed by atoms with Gasteiger partial charge < -0.3 is 15.8 Å². The lowest BCUT2D eigenvalue weighted by Crippen LogP contribution is -2.39. The van der Waals surface area contributed by atoms with Crippen molar-refractivity contribution in [2.24, 2.45) is 5.73 Å². The summed E-state index contributed by atoms with van der Waals surface area (Å²) in [5.41, 5.74) is 8.05. The minimum Gasteiger partial charge on any atom is -0.375 e. The first-order valence-corrected chi connectivity index (χ1v) is 5.48. The Labute approximate surface area is 90.6 Å². The summed E-state index contributed by atoms with van der Waals surface area (Å²) >= 11 is 0. The zero-order valence-corrected chi connectivity index (χ0v) is 8.91. The van der Waals surface area contributed by atoms with Gasteiger partial charge in [-0.3, -0.25) is 0 Å². The van der Waals surface area contributed by atoms with E-state index in [0.29, 0.717) is 12.6 Å². The Kier molecular flexibility index (Phi) is 3.72. The third kappa shape index (κ3) is 3.02. The number of hydrogen-bond acceptors (Lipinski definition) is 3. The van der Waals surface area contributed by atoms with Gasteiger partial charge in [0.15, 0.2) is 0 Å². The van der Waals surface area contributed by atoms with Gasteiger partial charge in [-0.1, -0.05) is 24.3 Å². The third-order valence-corrected chi connectivity index (χ3v) is 2.73. The molecule has 82 valence electrons. The predicted molar refractivity (Wildman–Crippen MR) is 60.6 cm³/mol. The topological polar surface area (TPSA) is 47.3 Å². The summed E-state index contributed by atoms with van der Waals surface area (Å²) in [4.78, 5) is 0. The van der Waals surface area contributed by atoms with E-state index in [1.54, 1.807) is 0 Å². The van der Waals surface area contributed by atoms with Crippen LogP contribution in [0, 0.1) is 0 Å². The number of nitrogens with one attached hydrogen (secondary N) is 1. The summed E-state index contributed by atoms with van der Waals surface area (Å²) < 4.78 is 5.65. The molecule has 3 heteroatoms. The Morgan fingerprint density at radius 1 is 1.27 bits per heavy atom. The average molecular weight is 206 g/mol. The zero-order valence-electron chi connectivity index (χ0n) is 8.91. The average Bonchev–Trinajstić information content (AvgIpc) is 2.31. The summed E-state index contributed by atoms with van der Waals surface area (Å²) in [6.45, 7) is 3.37. The highest BCUT2D eigenvalue weighted by Crippen LogP contribution is 2.09. The lowest BCUT2D eigenvalue weighted by atomic mass is 10.1. The SMILES string of the molecule is NCc1ccc(CC2CNCCO2)cc1. The molecule has 0 aromatic heterocycles. The van der Waals surface area contributed by atoms with Gasteiger partial charge in [-0.2, -0.15) is 0 Å². The van der Waals surface area contributed by atoms with E-state index in [4.69, 9.17) is 10.5 Å². The second kappa shape index (κ2) is 5.26. The number of ether oxygens (including phenoxy) is 1. The van der Waals surface area contributed by atoms with E-state index >= 15 is 0 Å². The molecule has 1 aliphatic rings. The van der Waals surface area contributed by atoms with Gasteiger partial charge in [-0.15, -0.1) is 0 Å².